The van der Waals surface area contributed by atoms with Crippen LogP contribution < -0.4 is 5.32 Å². The number of nitrogens with one attached hydrogen (secondary N) is 1. The van der Waals surface area contributed by atoms with E-state index in [1.807, 2.05) is 20.8 Å². The van der Waals surface area contributed by atoms with E-state index in [1.54, 1.807) is 24.3 Å². The van der Waals surface area contributed by atoms with Crippen LogP contribution in [0.15, 0.2) is 24.3 Å². The molecule has 0 fully saturated rings. The van der Waals surface area contributed by atoms with Crippen LogP contribution in [0, 0.1) is 0 Å². The van der Waals surface area contributed by atoms with Crippen LogP contribution in [0.4, 0.5) is 0 Å². The third-order valence-electron chi connectivity index (χ3n) is 2.74. The molecular weight excluding hydrogens is 262 g/mol. The predicted octanol–water partition coefficient (Wildman–Crippen LogP) is 3.32. The number of hydrogen-bond acceptors (Lipinski definition) is 3. The van der Waals surface area contributed by atoms with Crippen molar-refractivity contribution in [2.24, 2.45) is 0 Å². The highest BCUT2D eigenvalue weighted by atomic mass is 35.5. The Morgan fingerprint density at radius 1 is 1.26 bits per heavy atom. The van der Waals surface area contributed by atoms with Gasteiger partial charge in [0, 0.05) is 17.2 Å². The maximum atomic E-state index is 12.1. The lowest BCUT2D eigenvalue weighted by Gasteiger charge is -2.13. The van der Waals surface area contributed by atoms with Gasteiger partial charge in [0.2, 0.25) is 0 Å². The van der Waals surface area contributed by atoms with Gasteiger partial charge in [-0.15, -0.1) is 0 Å². The van der Waals surface area contributed by atoms with Gasteiger partial charge < -0.3 is 10.1 Å². The summed E-state index contributed by atoms with van der Waals surface area (Å²) in [5.74, 6) is 0.0847. The molecule has 0 bridgehead atoms. The minimum Gasteiger partial charge on any atom is -0.379 e. The fourth-order valence-electron chi connectivity index (χ4n) is 1.67. The second-order valence-corrected chi connectivity index (χ2v) is 5.26. The maximum Gasteiger partial charge on any atom is 0.179 e. The molecule has 1 aromatic rings. The Bertz CT molecular complexity index is 390. The molecule has 0 heterocycles. The molecule has 0 spiro atoms. The van der Waals surface area contributed by atoms with E-state index in [-0.39, 0.29) is 17.9 Å². The fraction of sp³-hybridized carbons (Fsp3) is 0.533. The average Bonchev–Trinajstić information content (AvgIpc) is 2.37. The molecule has 1 N–H and O–H groups in total. The van der Waals surface area contributed by atoms with Gasteiger partial charge in [0.05, 0.1) is 12.1 Å². The van der Waals surface area contributed by atoms with E-state index >= 15 is 0 Å². The Morgan fingerprint density at radius 3 is 2.47 bits per heavy atom. The minimum atomic E-state index is -0.194. The summed E-state index contributed by atoms with van der Waals surface area (Å²) in [5, 5.41) is 3.85. The first-order chi connectivity index (χ1) is 9.00. The Labute approximate surface area is 120 Å². The van der Waals surface area contributed by atoms with Crippen molar-refractivity contribution < 1.29 is 9.53 Å². The minimum absolute atomic E-state index is 0.0847. The molecule has 1 unspecified atom stereocenters. The zero-order chi connectivity index (χ0) is 14.3. The predicted molar refractivity (Wildman–Crippen MR) is 79.0 cm³/mol. The van der Waals surface area contributed by atoms with E-state index in [4.69, 9.17) is 16.3 Å². The van der Waals surface area contributed by atoms with Crippen molar-refractivity contribution in [3.8, 4) is 0 Å². The van der Waals surface area contributed by atoms with Crippen LogP contribution in [0.25, 0.3) is 0 Å². The van der Waals surface area contributed by atoms with Gasteiger partial charge in [0.15, 0.2) is 5.78 Å². The van der Waals surface area contributed by atoms with Crippen molar-refractivity contribution in [2.45, 2.75) is 39.3 Å². The summed E-state index contributed by atoms with van der Waals surface area (Å²) in [7, 11) is 0. The second-order valence-electron chi connectivity index (χ2n) is 4.82. The number of Topliss-reactive ketones (excluding diaryl/α,β-unsaturated/α-hetero) is 1. The molecule has 0 amide bonds. The molecule has 0 aromatic heterocycles. The van der Waals surface area contributed by atoms with Crippen LogP contribution >= 0.6 is 11.6 Å². The molecular formula is C15H22ClNO2. The van der Waals surface area contributed by atoms with Gasteiger partial charge in [-0.25, -0.2) is 0 Å². The number of halogens is 1. The monoisotopic (exact) mass is 283 g/mol. The van der Waals surface area contributed by atoms with Crippen LogP contribution in [0.1, 0.15) is 37.6 Å². The summed E-state index contributed by atoms with van der Waals surface area (Å²) in [6.45, 7) is 7.39. The molecule has 4 heteroatoms. The number of carbonyl (C=O) groups excluding carboxylic acids is 1. The highest BCUT2D eigenvalue weighted by molar-refractivity contribution is 6.30. The smallest absolute Gasteiger partial charge is 0.179 e. The van der Waals surface area contributed by atoms with Gasteiger partial charge in [0.1, 0.15) is 0 Å². The van der Waals surface area contributed by atoms with Crippen molar-refractivity contribution in [3.05, 3.63) is 34.9 Å². The van der Waals surface area contributed by atoms with Crippen molar-refractivity contribution in [2.75, 3.05) is 13.2 Å². The summed E-state index contributed by atoms with van der Waals surface area (Å²) in [5.41, 5.74) is 0.683. The molecule has 0 radical (unpaired) electrons. The van der Waals surface area contributed by atoms with Crippen LogP contribution in [0.2, 0.25) is 5.02 Å². The average molecular weight is 284 g/mol. The molecule has 0 aliphatic heterocycles. The van der Waals surface area contributed by atoms with Crippen LogP contribution in [0.5, 0.6) is 0 Å². The molecule has 1 rings (SSSR count). The quantitative estimate of drug-likeness (QED) is 0.587. The van der Waals surface area contributed by atoms with Crippen LogP contribution in [0.3, 0.4) is 0 Å². The molecule has 1 aromatic carbocycles. The summed E-state index contributed by atoms with van der Waals surface area (Å²) >= 11 is 5.80. The van der Waals surface area contributed by atoms with Gasteiger partial charge in [0.25, 0.3) is 0 Å². The lowest BCUT2D eigenvalue weighted by molar-refractivity contribution is 0.0760. The molecule has 19 heavy (non-hydrogen) atoms. The first-order valence-corrected chi connectivity index (χ1v) is 7.03. The number of ether oxygens (including phenoxy) is 1. The first-order valence-electron chi connectivity index (χ1n) is 6.65. The molecule has 0 aliphatic rings. The molecule has 0 aliphatic carbocycles. The molecule has 3 nitrogen and oxygen atoms in total. The highest BCUT2D eigenvalue weighted by Gasteiger charge is 2.13. The Kier molecular flexibility index (Phi) is 7.06. The molecule has 0 saturated carbocycles. The molecule has 106 valence electrons. The Hall–Kier alpha value is -0.900. The SMILES string of the molecule is CC(C)OCCCNC(C)C(=O)c1ccc(Cl)cc1. The number of rotatable bonds is 8. The van der Waals surface area contributed by atoms with Gasteiger partial charge in [-0.05, 0) is 58.0 Å². The zero-order valence-electron chi connectivity index (χ0n) is 11.8. The first kappa shape index (κ1) is 16.2. The number of hydrogen-bond donors (Lipinski definition) is 1. The topological polar surface area (TPSA) is 38.3 Å². The summed E-state index contributed by atoms with van der Waals surface area (Å²) < 4.78 is 5.44. The van der Waals surface area contributed by atoms with Crippen molar-refractivity contribution in [1.29, 1.82) is 0 Å². The molecule has 0 saturated heterocycles. The second kappa shape index (κ2) is 8.31. The lowest BCUT2D eigenvalue weighted by atomic mass is 10.1. The van der Waals surface area contributed by atoms with Crippen molar-refractivity contribution >= 4 is 17.4 Å². The number of ketones is 1. The van der Waals surface area contributed by atoms with E-state index in [0.717, 1.165) is 13.0 Å². The van der Waals surface area contributed by atoms with E-state index in [9.17, 15) is 4.79 Å². The van der Waals surface area contributed by atoms with E-state index in [1.165, 1.54) is 0 Å². The normalized spacial score (nSPS) is 12.7. The maximum absolute atomic E-state index is 12.1. The summed E-state index contributed by atoms with van der Waals surface area (Å²) in [4.78, 5) is 12.1. The summed E-state index contributed by atoms with van der Waals surface area (Å²) in [6.07, 6.45) is 1.16. The lowest BCUT2D eigenvalue weighted by Crippen LogP contribution is -2.35. The molecule has 1 atom stereocenters. The number of benzene rings is 1. The van der Waals surface area contributed by atoms with Crippen molar-refractivity contribution in [3.63, 3.8) is 0 Å². The Morgan fingerprint density at radius 2 is 1.89 bits per heavy atom. The van der Waals surface area contributed by atoms with Crippen molar-refractivity contribution in [1.82, 2.24) is 5.32 Å². The third kappa shape index (κ3) is 6.19. The van der Waals surface area contributed by atoms with Crippen LogP contribution in [-0.4, -0.2) is 31.1 Å². The standard InChI is InChI=1S/C15H22ClNO2/c1-11(2)19-10-4-9-17-12(3)15(18)13-5-7-14(16)8-6-13/h5-8,11-12,17H,4,9-10H2,1-3H3. The number of carbonyl (C=O) groups is 1. The fourth-order valence-corrected chi connectivity index (χ4v) is 1.79. The van der Waals surface area contributed by atoms with Gasteiger partial charge in [-0.1, -0.05) is 11.6 Å². The van der Waals surface area contributed by atoms with E-state index in [2.05, 4.69) is 5.32 Å². The summed E-state index contributed by atoms with van der Waals surface area (Å²) in [6, 6.07) is 6.78. The van der Waals surface area contributed by atoms with Crippen LogP contribution in [-0.2, 0) is 4.74 Å². The van der Waals surface area contributed by atoms with Gasteiger partial charge in [-0.3, -0.25) is 4.79 Å². The largest absolute Gasteiger partial charge is 0.379 e. The van der Waals surface area contributed by atoms with Gasteiger partial charge in [-0.2, -0.15) is 0 Å². The van der Waals surface area contributed by atoms with Gasteiger partial charge >= 0.3 is 0 Å². The zero-order valence-corrected chi connectivity index (χ0v) is 12.5. The third-order valence-corrected chi connectivity index (χ3v) is 3.00. The van der Waals surface area contributed by atoms with E-state index < -0.39 is 0 Å². The Balaban J connectivity index is 2.31. The van der Waals surface area contributed by atoms with E-state index in [0.29, 0.717) is 17.2 Å². The highest BCUT2D eigenvalue weighted by Crippen LogP contribution is 2.11.